The highest BCUT2D eigenvalue weighted by molar-refractivity contribution is 8.04. The zero-order valence-electron chi connectivity index (χ0n) is 17.1. The van der Waals surface area contributed by atoms with Gasteiger partial charge in [-0.1, -0.05) is 40.9 Å². The minimum atomic E-state index is -1.11. The van der Waals surface area contributed by atoms with Crippen LogP contribution in [0.5, 0.6) is 0 Å². The number of nitrogens with zero attached hydrogens (tertiary/aromatic N) is 3. The van der Waals surface area contributed by atoms with Crippen molar-refractivity contribution in [1.82, 2.24) is 14.8 Å². The van der Waals surface area contributed by atoms with Gasteiger partial charge in [-0.3, -0.25) is 0 Å². The molecule has 0 bridgehead atoms. The van der Waals surface area contributed by atoms with Crippen molar-refractivity contribution < 1.29 is 14.3 Å². The maximum atomic E-state index is 12.0. The summed E-state index contributed by atoms with van der Waals surface area (Å²) < 4.78 is 7.65. The monoisotopic (exact) mass is 519 g/mol. The molecule has 2 heterocycles. The van der Waals surface area contributed by atoms with Gasteiger partial charge in [-0.25, -0.2) is 4.79 Å². The predicted molar refractivity (Wildman–Crippen MR) is 132 cm³/mol. The van der Waals surface area contributed by atoms with Crippen molar-refractivity contribution in [3.63, 3.8) is 0 Å². The van der Waals surface area contributed by atoms with Gasteiger partial charge in [0.25, 0.3) is 0 Å². The minimum Gasteiger partial charge on any atom is -0.477 e. The Balaban J connectivity index is 1.64. The van der Waals surface area contributed by atoms with Crippen molar-refractivity contribution in [3.05, 3.63) is 80.3 Å². The molecule has 168 valence electrons. The maximum Gasteiger partial charge on any atom is 0.342 e. The fourth-order valence-electron chi connectivity index (χ4n) is 3.09. The Morgan fingerprint density at radius 3 is 2.55 bits per heavy atom. The number of benzene rings is 2. The van der Waals surface area contributed by atoms with Crippen molar-refractivity contribution in [1.29, 1.82) is 0 Å². The molecule has 0 radical (unpaired) electrons. The summed E-state index contributed by atoms with van der Waals surface area (Å²) in [5, 5.41) is 20.0. The number of carbonyl (C=O) groups is 1. The second kappa shape index (κ2) is 10.1. The summed E-state index contributed by atoms with van der Waals surface area (Å²) in [5.74, 6) is 0.339. The Labute approximate surface area is 208 Å². The van der Waals surface area contributed by atoms with Crippen LogP contribution in [0.3, 0.4) is 0 Å². The quantitative estimate of drug-likeness (QED) is 0.202. The number of thioether (sulfide) groups is 1. The van der Waals surface area contributed by atoms with Gasteiger partial charge in [0, 0.05) is 28.8 Å². The average Bonchev–Trinajstić information content (AvgIpc) is 3.42. The number of hydrogen-bond acceptors (Lipinski definition) is 5. The van der Waals surface area contributed by atoms with E-state index in [-0.39, 0.29) is 4.91 Å². The molecule has 1 N–H and O–H groups in total. The molecule has 0 saturated carbocycles. The largest absolute Gasteiger partial charge is 0.477 e. The van der Waals surface area contributed by atoms with E-state index >= 15 is 0 Å². The first kappa shape index (κ1) is 23.4. The molecule has 4 aromatic rings. The molecule has 33 heavy (non-hydrogen) atoms. The minimum absolute atomic E-state index is 0.0258. The molecule has 2 aromatic carbocycles. The van der Waals surface area contributed by atoms with E-state index in [1.54, 1.807) is 42.5 Å². The maximum absolute atomic E-state index is 12.0. The van der Waals surface area contributed by atoms with Gasteiger partial charge >= 0.3 is 5.97 Å². The number of carboxylic acid groups (broad SMARTS) is 1. The first-order valence-electron chi connectivity index (χ1n) is 9.73. The van der Waals surface area contributed by atoms with Crippen LogP contribution in [-0.2, 0) is 11.3 Å². The van der Waals surface area contributed by atoms with Gasteiger partial charge in [0.05, 0.1) is 10.0 Å². The Hall–Kier alpha value is -2.71. The molecule has 0 spiro atoms. The number of hydrogen-bond donors (Lipinski definition) is 1. The molecule has 0 aliphatic carbocycles. The van der Waals surface area contributed by atoms with E-state index in [1.165, 1.54) is 6.08 Å². The van der Waals surface area contributed by atoms with Gasteiger partial charge in [0.1, 0.15) is 16.4 Å². The van der Waals surface area contributed by atoms with Crippen LogP contribution in [0.25, 0.3) is 28.8 Å². The van der Waals surface area contributed by atoms with E-state index in [0.717, 1.165) is 17.3 Å². The molecule has 0 fully saturated rings. The fourth-order valence-corrected chi connectivity index (χ4v) is 4.48. The third kappa shape index (κ3) is 5.12. The van der Waals surface area contributed by atoms with Gasteiger partial charge in [0.15, 0.2) is 11.0 Å². The molecular formula is C23H16Cl3N3O3S. The topological polar surface area (TPSA) is 81.2 Å². The summed E-state index contributed by atoms with van der Waals surface area (Å²) >= 11 is 19.3. The lowest BCUT2D eigenvalue weighted by molar-refractivity contribution is -0.131. The molecule has 0 unspecified atom stereocenters. The van der Waals surface area contributed by atoms with E-state index in [1.807, 2.05) is 23.6 Å². The van der Waals surface area contributed by atoms with E-state index in [4.69, 9.17) is 39.2 Å². The second-order valence-corrected chi connectivity index (χ2v) is 9.01. The van der Waals surface area contributed by atoms with Gasteiger partial charge in [0.2, 0.25) is 0 Å². The van der Waals surface area contributed by atoms with E-state index in [2.05, 4.69) is 10.2 Å². The van der Waals surface area contributed by atoms with Gasteiger partial charge in [-0.15, -0.1) is 10.2 Å². The van der Waals surface area contributed by atoms with Crippen LogP contribution < -0.4 is 0 Å². The number of furan rings is 1. The van der Waals surface area contributed by atoms with Crippen LogP contribution in [0.15, 0.2) is 69.1 Å². The summed E-state index contributed by atoms with van der Waals surface area (Å²) in [6.45, 7) is 2.49. The molecule has 10 heteroatoms. The summed E-state index contributed by atoms with van der Waals surface area (Å²) in [7, 11) is 0. The summed E-state index contributed by atoms with van der Waals surface area (Å²) in [5.41, 5.74) is 1.45. The van der Waals surface area contributed by atoms with Gasteiger partial charge in [-0.2, -0.15) is 0 Å². The molecular weight excluding hydrogens is 505 g/mol. The van der Waals surface area contributed by atoms with Crippen LogP contribution in [0.2, 0.25) is 15.1 Å². The number of aromatic nitrogens is 3. The van der Waals surface area contributed by atoms with Gasteiger partial charge < -0.3 is 14.1 Å². The molecule has 0 amide bonds. The third-order valence-corrected chi connectivity index (χ3v) is 6.73. The lowest BCUT2D eigenvalue weighted by Crippen LogP contribution is -2.02. The Bertz CT molecular complexity index is 1350. The zero-order valence-corrected chi connectivity index (χ0v) is 20.2. The van der Waals surface area contributed by atoms with Crippen LogP contribution in [0.1, 0.15) is 12.7 Å². The molecule has 0 aliphatic rings. The molecule has 2 aromatic heterocycles. The van der Waals surface area contributed by atoms with Crippen molar-refractivity contribution in [2.75, 3.05) is 0 Å². The average molecular weight is 521 g/mol. The van der Waals surface area contributed by atoms with Crippen LogP contribution in [0, 0.1) is 0 Å². The van der Waals surface area contributed by atoms with Crippen molar-refractivity contribution >= 4 is 58.6 Å². The van der Waals surface area contributed by atoms with Crippen molar-refractivity contribution in [3.8, 4) is 22.7 Å². The third-order valence-electron chi connectivity index (χ3n) is 4.66. The smallest absolute Gasteiger partial charge is 0.342 e. The fraction of sp³-hybridized carbons (Fsp3) is 0.0870. The van der Waals surface area contributed by atoms with Crippen LogP contribution in [-0.4, -0.2) is 25.8 Å². The second-order valence-electron chi connectivity index (χ2n) is 6.78. The van der Waals surface area contributed by atoms with E-state index < -0.39 is 5.97 Å². The number of halogens is 3. The number of rotatable bonds is 7. The summed E-state index contributed by atoms with van der Waals surface area (Å²) in [6, 6.07) is 15.8. The molecule has 0 saturated heterocycles. The van der Waals surface area contributed by atoms with E-state index in [0.29, 0.717) is 49.7 Å². The molecule has 6 nitrogen and oxygen atoms in total. The van der Waals surface area contributed by atoms with Crippen LogP contribution in [0.4, 0.5) is 0 Å². The summed E-state index contributed by atoms with van der Waals surface area (Å²) in [4.78, 5) is 12.0. The van der Waals surface area contributed by atoms with E-state index in [9.17, 15) is 9.90 Å². The predicted octanol–water partition coefficient (Wildman–Crippen LogP) is 7.40. The number of aliphatic carboxylic acids is 1. The Morgan fingerprint density at radius 2 is 1.85 bits per heavy atom. The highest BCUT2D eigenvalue weighted by Gasteiger charge is 2.19. The highest BCUT2D eigenvalue weighted by Crippen LogP contribution is 2.36. The van der Waals surface area contributed by atoms with Gasteiger partial charge in [-0.05, 0) is 67.2 Å². The Morgan fingerprint density at radius 1 is 1.09 bits per heavy atom. The lowest BCUT2D eigenvalue weighted by atomic mass is 10.2. The highest BCUT2D eigenvalue weighted by atomic mass is 35.5. The first-order chi connectivity index (χ1) is 15.9. The lowest BCUT2D eigenvalue weighted by Gasteiger charge is -2.07. The normalized spacial score (nSPS) is 11.7. The summed E-state index contributed by atoms with van der Waals surface area (Å²) in [6.07, 6.45) is 1.44. The molecule has 0 atom stereocenters. The Kier molecular flexibility index (Phi) is 7.14. The molecule has 4 rings (SSSR count). The van der Waals surface area contributed by atoms with Crippen LogP contribution >= 0.6 is 46.6 Å². The van der Waals surface area contributed by atoms with Crippen molar-refractivity contribution in [2.45, 2.75) is 18.6 Å². The zero-order chi connectivity index (χ0) is 23.5. The number of carboxylic acids is 1. The van der Waals surface area contributed by atoms with Crippen molar-refractivity contribution in [2.24, 2.45) is 0 Å². The standard InChI is InChI=1S/C23H16Cl3N3O3S/c1-2-29-21(13-6-8-14(24)9-7-13)27-28-23(29)33-19(22(30)31)12-15-10-11-18(32-15)16-4-3-5-17(25)20(16)26/h3-12H,2H2,1H3,(H,30,31)/b19-12-. The molecule has 0 aliphatic heterocycles. The SMILES string of the molecule is CCn1c(S/C(=C\c2ccc(-c3cccc(Cl)c3Cl)o2)C(=O)O)nnc1-c1ccc(Cl)cc1. The first-order valence-corrected chi connectivity index (χ1v) is 11.7.